The van der Waals surface area contributed by atoms with Gasteiger partial charge >= 0.3 is 6.18 Å². The molecule has 0 spiro atoms. The molecule has 6 rings (SSSR count). The summed E-state index contributed by atoms with van der Waals surface area (Å²) in [6.45, 7) is 1.05. The van der Waals surface area contributed by atoms with E-state index in [1.807, 2.05) is 0 Å². The van der Waals surface area contributed by atoms with Crippen LogP contribution in [0.2, 0.25) is 0 Å². The Hall–Kier alpha value is -4.16. The van der Waals surface area contributed by atoms with Crippen LogP contribution >= 0.6 is 0 Å². The number of piperidine rings is 1. The van der Waals surface area contributed by atoms with Crippen molar-refractivity contribution in [2.75, 3.05) is 19.7 Å². The number of carbonyl (C=O) groups excluding carboxylic acids is 1. The number of pyridine rings is 2. The molecule has 13 heteroatoms. The SMILES string of the molecule is Cn1c(-c2ccc(F)cn2)nc2nc(C(=O)N3C[C@@H]4C(COc5cccnc5C(F)(F)F)[C@@H]4C3)cnc21. The number of alkyl halides is 3. The summed E-state index contributed by atoms with van der Waals surface area (Å²) in [6, 6.07) is 5.43. The van der Waals surface area contributed by atoms with E-state index in [2.05, 4.69) is 24.9 Å². The quantitative estimate of drug-likeness (QED) is 0.378. The molecular formula is C24H19F4N7O2. The summed E-state index contributed by atoms with van der Waals surface area (Å²) >= 11 is 0. The monoisotopic (exact) mass is 513 g/mol. The fourth-order valence-corrected chi connectivity index (χ4v) is 4.93. The topological polar surface area (TPSA) is 98.9 Å². The third-order valence-electron chi connectivity index (χ3n) is 6.89. The summed E-state index contributed by atoms with van der Waals surface area (Å²) in [6.07, 6.45) is -1.03. The summed E-state index contributed by atoms with van der Waals surface area (Å²) in [4.78, 5) is 35.3. The molecule has 1 amide bonds. The van der Waals surface area contributed by atoms with E-state index in [4.69, 9.17) is 4.74 Å². The van der Waals surface area contributed by atoms with E-state index in [-0.39, 0.29) is 47.4 Å². The van der Waals surface area contributed by atoms with Gasteiger partial charge in [0.25, 0.3) is 5.91 Å². The smallest absolute Gasteiger partial charge is 0.437 e. The van der Waals surface area contributed by atoms with Crippen molar-refractivity contribution in [3.8, 4) is 17.3 Å². The fraction of sp³-hybridized carbons (Fsp3) is 0.333. The van der Waals surface area contributed by atoms with Crippen molar-refractivity contribution < 1.29 is 27.1 Å². The lowest BCUT2D eigenvalue weighted by Crippen LogP contribution is -2.33. The first-order valence-electron chi connectivity index (χ1n) is 11.5. The van der Waals surface area contributed by atoms with Gasteiger partial charge in [-0.05, 0) is 36.1 Å². The number of ether oxygens (including phenoxy) is 1. The second-order valence-electron chi connectivity index (χ2n) is 9.12. The molecule has 1 saturated heterocycles. The number of fused-ring (bicyclic) bond motifs is 2. The summed E-state index contributed by atoms with van der Waals surface area (Å²) < 4.78 is 59.7. The zero-order valence-corrected chi connectivity index (χ0v) is 19.4. The molecular weight excluding hydrogens is 494 g/mol. The van der Waals surface area contributed by atoms with Gasteiger partial charge in [-0.3, -0.25) is 4.79 Å². The number of halogens is 4. The molecule has 0 radical (unpaired) electrons. The zero-order valence-electron chi connectivity index (χ0n) is 19.4. The van der Waals surface area contributed by atoms with Crippen LogP contribution in [0.1, 0.15) is 16.2 Å². The lowest BCUT2D eigenvalue weighted by atomic mass is 10.2. The first kappa shape index (κ1) is 23.3. The van der Waals surface area contributed by atoms with Gasteiger partial charge < -0.3 is 14.2 Å². The molecule has 1 aliphatic carbocycles. The van der Waals surface area contributed by atoms with Crippen LogP contribution in [0.25, 0.3) is 22.8 Å². The highest BCUT2D eigenvalue weighted by Crippen LogP contribution is 2.52. The van der Waals surface area contributed by atoms with Crippen molar-refractivity contribution in [2.24, 2.45) is 24.8 Å². The molecule has 3 atom stereocenters. The number of nitrogens with zero attached hydrogens (tertiary/aromatic N) is 7. The van der Waals surface area contributed by atoms with Crippen LogP contribution in [0.4, 0.5) is 17.6 Å². The highest BCUT2D eigenvalue weighted by atomic mass is 19.4. The third kappa shape index (κ3) is 4.13. The van der Waals surface area contributed by atoms with Crippen LogP contribution in [0.15, 0.2) is 42.9 Å². The first-order valence-corrected chi connectivity index (χ1v) is 11.5. The van der Waals surface area contributed by atoms with Crippen molar-refractivity contribution in [3.05, 3.63) is 60.1 Å². The highest BCUT2D eigenvalue weighted by molar-refractivity contribution is 5.93. The maximum Gasteiger partial charge on any atom is 0.437 e. The summed E-state index contributed by atoms with van der Waals surface area (Å²) in [5.41, 5.74) is 0.260. The van der Waals surface area contributed by atoms with Gasteiger partial charge in [-0.2, -0.15) is 13.2 Å². The van der Waals surface area contributed by atoms with Crippen molar-refractivity contribution in [3.63, 3.8) is 0 Å². The standard InChI is InChI=1S/C24H19F4N7O2/c1-34-21(16-5-4-12(25)7-30-16)33-20-22(34)31-8-17(32-20)23(36)35-9-13-14(10-35)15(13)11-37-18-3-2-6-29-19(18)24(26,27)28/h2-8,13-15H,9-11H2,1H3/t13-,14+,15?. The van der Waals surface area contributed by atoms with Gasteiger partial charge in [0.05, 0.1) is 19.0 Å². The number of amides is 1. The predicted molar refractivity (Wildman–Crippen MR) is 121 cm³/mol. The molecule has 2 aliphatic rings. The molecule has 0 N–H and O–H groups in total. The van der Waals surface area contributed by atoms with Crippen molar-refractivity contribution in [1.82, 2.24) is 34.4 Å². The molecule has 1 saturated carbocycles. The Kier molecular flexibility index (Phi) is 5.31. The van der Waals surface area contributed by atoms with Crippen LogP contribution in [-0.2, 0) is 13.2 Å². The van der Waals surface area contributed by atoms with E-state index in [0.29, 0.717) is 30.3 Å². The number of aryl methyl sites for hydroxylation is 1. The number of hydrogen-bond donors (Lipinski definition) is 0. The number of aromatic nitrogens is 6. The van der Waals surface area contributed by atoms with Crippen LogP contribution in [0.5, 0.6) is 5.75 Å². The highest BCUT2D eigenvalue weighted by Gasteiger charge is 2.57. The molecule has 0 bridgehead atoms. The maximum absolute atomic E-state index is 13.2. The molecule has 190 valence electrons. The Morgan fingerprint density at radius 3 is 2.57 bits per heavy atom. The molecule has 1 unspecified atom stereocenters. The minimum atomic E-state index is -4.59. The Bertz CT molecular complexity index is 1490. The van der Waals surface area contributed by atoms with E-state index >= 15 is 0 Å². The number of rotatable bonds is 5. The zero-order chi connectivity index (χ0) is 25.9. The van der Waals surface area contributed by atoms with Crippen LogP contribution < -0.4 is 4.74 Å². The second kappa shape index (κ2) is 8.46. The fourth-order valence-electron chi connectivity index (χ4n) is 4.93. The Morgan fingerprint density at radius 2 is 1.86 bits per heavy atom. The van der Waals surface area contributed by atoms with Gasteiger partial charge in [0.2, 0.25) is 0 Å². The average molecular weight is 513 g/mol. The molecule has 1 aliphatic heterocycles. The van der Waals surface area contributed by atoms with Crippen LogP contribution in [0, 0.1) is 23.6 Å². The molecule has 4 aromatic rings. The van der Waals surface area contributed by atoms with Crippen molar-refractivity contribution in [1.29, 1.82) is 0 Å². The predicted octanol–water partition coefficient (Wildman–Crippen LogP) is 3.38. The Balaban J connectivity index is 1.11. The van der Waals surface area contributed by atoms with E-state index in [1.54, 1.807) is 16.5 Å². The lowest BCUT2D eigenvalue weighted by Gasteiger charge is -2.19. The number of hydrogen-bond acceptors (Lipinski definition) is 7. The van der Waals surface area contributed by atoms with Crippen LogP contribution in [-0.4, -0.2) is 60.0 Å². The largest absolute Gasteiger partial charge is 0.491 e. The number of imidazole rings is 1. The van der Waals surface area contributed by atoms with Gasteiger partial charge in [0, 0.05) is 32.3 Å². The maximum atomic E-state index is 13.2. The summed E-state index contributed by atoms with van der Waals surface area (Å²) in [5.74, 6) is -0.239. The third-order valence-corrected chi connectivity index (χ3v) is 6.89. The van der Waals surface area contributed by atoms with Gasteiger partial charge in [-0.1, -0.05) is 0 Å². The Morgan fingerprint density at radius 1 is 1.08 bits per heavy atom. The molecule has 9 nitrogen and oxygen atoms in total. The van der Waals surface area contributed by atoms with E-state index in [9.17, 15) is 22.4 Å². The van der Waals surface area contributed by atoms with Gasteiger partial charge in [0.15, 0.2) is 22.8 Å². The van der Waals surface area contributed by atoms with E-state index < -0.39 is 17.7 Å². The van der Waals surface area contributed by atoms with Crippen molar-refractivity contribution in [2.45, 2.75) is 6.18 Å². The van der Waals surface area contributed by atoms with E-state index in [1.165, 1.54) is 30.5 Å². The van der Waals surface area contributed by atoms with Crippen LogP contribution in [0.3, 0.4) is 0 Å². The number of likely N-dealkylation sites (tertiary alicyclic amines) is 1. The molecule has 4 aromatic heterocycles. The van der Waals surface area contributed by atoms with Crippen molar-refractivity contribution >= 4 is 17.2 Å². The summed E-state index contributed by atoms with van der Waals surface area (Å²) in [7, 11) is 1.73. The van der Waals surface area contributed by atoms with E-state index in [0.717, 1.165) is 12.4 Å². The molecule has 5 heterocycles. The van der Waals surface area contributed by atoms with Gasteiger partial charge in [-0.25, -0.2) is 29.3 Å². The van der Waals surface area contributed by atoms with Gasteiger partial charge in [0.1, 0.15) is 23.0 Å². The Labute approximate surface area is 207 Å². The van der Waals surface area contributed by atoms with Gasteiger partial charge in [-0.15, -0.1) is 0 Å². The molecule has 2 fully saturated rings. The summed E-state index contributed by atoms with van der Waals surface area (Å²) in [5, 5.41) is 0. The first-order chi connectivity index (χ1) is 17.7. The minimum absolute atomic E-state index is 0.0699. The number of carbonyl (C=O) groups is 1. The minimum Gasteiger partial charge on any atom is -0.491 e. The normalized spacial score (nSPS) is 20.8. The molecule has 37 heavy (non-hydrogen) atoms. The lowest BCUT2D eigenvalue weighted by molar-refractivity contribution is -0.142. The average Bonchev–Trinajstić information content (AvgIpc) is 3.18. The molecule has 0 aromatic carbocycles. The second-order valence-corrected chi connectivity index (χ2v) is 9.12.